The van der Waals surface area contributed by atoms with Gasteiger partial charge in [0.25, 0.3) is 0 Å². The lowest BCUT2D eigenvalue weighted by Gasteiger charge is -2.15. The molecular weight excluding hydrogens is 206 g/mol. The van der Waals surface area contributed by atoms with Crippen LogP contribution in [-0.4, -0.2) is 23.9 Å². The standard InChI is InChI=1S/C11H19N3O2/c1-5-9(6-2)14-11(16)8(4)13-10(15)7(3)12/h5-8H,1,12H2,2-4H3,(H,13,15)(H,14,16)/b9-6+/t7-,8+/m0/s1. The summed E-state index contributed by atoms with van der Waals surface area (Å²) in [5.74, 6) is -0.662. The minimum absolute atomic E-state index is 0.304. The van der Waals surface area contributed by atoms with E-state index in [-0.39, 0.29) is 11.8 Å². The van der Waals surface area contributed by atoms with Crippen LogP contribution in [0.2, 0.25) is 0 Å². The lowest BCUT2D eigenvalue weighted by atomic mass is 10.2. The van der Waals surface area contributed by atoms with E-state index in [0.29, 0.717) is 5.70 Å². The van der Waals surface area contributed by atoms with E-state index in [1.807, 2.05) is 0 Å². The maximum absolute atomic E-state index is 11.6. The molecule has 0 aliphatic rings. The van der Waals surface area contributed by atoms with Gasteiger partial charge in [-0.05, 0) is 26.8 Å². The Morgan fingerprint density at radius 3 is 2.25 bits per heavy atom. The summed E-state index contributed by atoms with van der Waals surface area (Å²) >= 11 is 0. The SMILES string of the molecule is C=C/C(=C\C)NC(=O)[C@@H](C)NC(=O)[C@H](C)N. The van der Waals surface area contributed by atoms with Gasteiger partial charge in [-0.3, -0.25) is 9.59 Å². The number of nitrogens with two attached hydrogens (primary N) is 1. The second-order valence-electron chi connectivity index (χ2n) is 3.46. The summed E-state index contributed by atoms with van der Waals surface area (Å²) in [7, 11) is 0. The molecular formula is C11H19N3O2. The zero-order chi connectivity index (χ0) is 12.7. The summed E-state index contributed by atoms with van der Waals surface area (Å²) in [6.07, 6.45) is 3.24. The van der Waals surface area contributed by atoms with Gasteiger partial charge in [0.2, 0.25) is 11.8 Å². The van der Waals surface area contributed by atoms with Gasteiger partial charge in [-0.2, -0.15) is 0 Å². The first-order chi connectivity index (χ1) is 7.42. The van der Waals surface area contributed by atoms with Crippen LogP contribution in [0, 0.1) is 0 Å². The molecule has 0 aromatic heterocycles. The van der Waals surface area contributed by atoms with E-state index in [4.69, 9.17) is 5.73 Å². The summed E-state index contributed by atoms with van der Waals surface area (Å²) < 4.78 is 0. The van der Waals surface area contributed by atoms with E-state index in [1.54, 1.807) is 26.8 Å². The summed E-state index contributed by atoms with van der Waals surface area (Å²) in [4.78, 5) is 22.8. The van der Waals surface area contributed by atoms with Crippen molar-refractivity contribution in [3.05, 3.63) is 24.4 Å². The van der Waals surface area contributed by atoms with Crippen LogP contribution < -0.4 is 16.4 Å². The molecule has 90 valence electrons. The first kappa shape index (κ1) is 14.4. The normalized spacial score (nSPS) is 14.9. The van der Waals surface area contributed by atoms with Crippen LogP contribution in [0.4, 0.5) is 0 Å². The van der Waals surface area contributed by atoms with E-state index in [1.165, 1.54) is 6.08 Å². The first-order valence-corrected chi connectivity index (χ1v) is 5.08. The number of carbonyl (C=O) groups excluding carboxylic acids is 2. The summed E-state index contributed by atoms with van der Waals surface area (Å²) in [5.41, 5.74) is 5.97. The van der Waals surface area contributed by atoms with Crippen molar-refractivity contribution in [3.63, 3.8) is 0 Å². The number of hydrogen-bond acceptors (Lipinski definition) is 3. The average Bonchev–Trinajstić information content (AvgIpc) is 2.24. The lowest BCUT2D eigenvalue weighted by molar-refractivity contribution is -0.128. The molecule has 0 radical (unpaired) electrons. The van der Waals surface area contributed by atoms with E-state index >= 15 is 0 Å². The van der Waals surface area contributed by atoms with Gasteiger partial charge in [0.05, 0.1) is 6.04 Å². The number of nitrogens with one attached hydrogen (secondary N) is 2. The fraction of sp³-hybridized carbons (Fsp3) is 0.455. The molecule has 0 fully saturated rings. The molecule has 2 atom stereocenters. The molecule has 0 spiro atoms. The van der Waals surface area contributed by atoms with Crippen molar-refractivity contribution in [2.45, 2.75) is 32.9 Å². The zero-order valence-corrected chi connectivity index (χ0v) is 9.91. The molecule has 0 saturated carbocycles. The topological polar surface area (TPSA) is 84.2 Å². The van der Waals surface area contributed by atoms with E-state index < -0.39 is 12.1 Å². The third kappa shape index (κ3) is 4.75. The van der Waals surface area contributed by atoms with Gasteiger partial charge in [-0.25, -0.2) is 0 Å². The maximum atomic E-state index is 11.6. The molecule has 0 bridgehead atoms. The molecule has 5 nitrogen and oxygen atoms in total. The molecule has 2 amide bonds. The quantitative estimate of drug-likeness (QED) is 0.578. The highest BCUT2D eigenvalue weighted by Gasteiger charge is 2.17. The van der Waals surface area contributed by atoms with Crippen LogP contribution in [0.15, 0.2) is 24.4 Å². The Bertz CT molecular complexity index is 308. The Hall–Kier alpha value is -1.62. The predicted molar refractivity (Wildman–Crippen MR) is 63.4 cm³/mol. The molecule has 0 aromatic carbocycles. The van der Waals surface area contributed by atoms with Crippen molar-refractivity contribution >= 4 is 11.8 Å². The van der Waals surface area contributed by atoms with Gasteiger partial charge >= 0.3 is 0 Å². The average molecular weight is 225 g/mol. The molecule has 0 aliphatic carbocycles. The predicted octanol–water partition coefficient (Wildman–Crippen LogP) is 0.0443. The van der Waals surface area contributed by atoms with Gasteiger partial charge in [0.1, 0.15) is 6.04 Å². The number of allylic oxidation sites excluding steroid dienone is 2. The van der Waals surface area contributed by atoms with Crippen molar-refractivity contribution < 1.29 is 9.59 Å². The van der Waals surface area contributed by atoms with Crippen LogP contribution in [0.3, 0.4) is 0 Å². The number of rotatable bonds is 5. The summed E-state index contributed by atoms with van der Waals surface area (Å²) in [6.45, 7) is 8.47. The van der Waals surface area contributed by atoms with Crippen molar-refractivity contribution in [1.29, 1.82) is 0 Å². The number of hydrogen-bond donors (Lipinski definition) is 3. The van der Waals surface area contributed by atoms with Gasteiger partial charge in [0, 0.05) is 5.70 Å². The Morgan fingerprint density at radius 1 is 1.31 bits per heavy atom. The van der Waals surface area contributed by atoms with Gasteiger partial charge in [0.15, 0.2) is 0 Å². The molecule has 0 heterocycles. The molecule has 0 aromatic rings. The van der Waals surface area contributed by atoms with Crippen molar-refractivity contribution in [2.75, 3.05) is 0 Å². The molecule has 16 heavy (non-hydrogen) atoms. The van der Waals surface area contributed by atoms with Crippen LogP contribution >= 0.6 is 0 Å². The zero-order valence-electron chi connectivity index (χ0n) is 9.91. The largest absolute Gasteiger partial charge is 0.343 e. The van der Waals surface area contributed by atoms with Crippen molar-refractivity contribution in [2.24, 2.45) is 5.73 Å². The smallest absolute Gasteiger partial charge is 0.246 e. The molecule has 4 N–H and O–H groups in total. The Kier molecular flexibility index (Phi) is 6.10. The fourth-order valence-electron chi connectivity index (χ4n) is 0.902. The maximum Gasteiger partial charge on any atom is 0.246 e. The van der Waals surface area contributed by atoms with Crippen LogP contribution in [-0.2, 0) is 9.59 Å². The second kappa shape index (κ2) is 6.79. The highest BCUT2D eigenvalue weighted by molar-refractivity contribution is 5.90. The number of amides is 2. The van der Waals surface area contributed by atoms with Crippen molar-refractivity contribution in [3.8, 4) is 0 Å². The Labute approximate surface area is 95.8 Å². The van der Waals surface area contributed by atoms with Gasteiger partial charge in [-0.1, -0.05) is 12.7 Å². The monoisotopic (exact) mass is 225 g/mol. The van der Waals surface area contributed by atoms with Gasteiger partial charge in [-0.15, -0.1) is 0 Å². The fourth-order valence-corrected chi connectivity index (χ4v) is 0.902. The molecule has 0 aliphatic heterocycles. The minimum Gasteiger partial charge on any atom is -0.343 e. The van der Waals surface area contributed by atoms with Crippen LogP contribution in [0.25, 0.3) is 0 Å². The van der Waals surface area contributed by atoms with Gasteiger partial charge < -0.3 is 16.4 Å². The van der Waals surface area contributed by atoms with E-state index in [2.05, 4.69) is 17.2 Å². The molecule has 0 unspecified atom stereocenters. The Balaban J connectivity index is 4.29. The number of carbonyl (C=O) groups is 2. The van der Waals surface area contributed by atoms with Crippen molar-refractivity contribution in [1.82, 2.24) is 10.6 Å². The third-order valence-electron chi connectivity index (χ3n) is 1.96. The lowest BCUT2D eigenvalue weighted by Crippen LogP contribution is -2.49. The van der Waals surface area contributed by atoms with Crippen LogP contribution in [0.5, 0.6) is 0 Å². The minimum atomic E-state index is -0.631. The highest BCUT2D eigenvalue weighted by atomic mass is 16.2. The summed E-state index contributed by atoms with van der Waals surface area (Å²) in [6, 6.07) is -1.26. The van der Waals surface area contributed by atoms with E-state index in [9.17, 15) is 9.59 Å². The summed E-state index contributed by atoms with van der Waals surface area (Å²) in [5, 5.41) is 5.10. The molecule has 0 rings (SSSR count). The second-order valence-corrected chi connectivity index (χ2v) is 3.46. The van der Waals surface area contributed by atoms with E-state index in [0.717, 1.165) is 0 Å². The third-order valence-corrected chi connectivity index (χ3v) is 1.96. The van der Waals surface area contributed by atoms with Crippen LogP contribution in [0.1, 0.15) is 20.8 Å². The highest BCUT2D eigenvalue weighted by Crippen LogP contribution is 1.92. The first-order valence-electron chi connectivity index (χ1n) is 5.08. The molecule has 5 heteroatoms. The Morgan fingerprint density at radius 2 is 1.88 bits per heavy atom. The molecule has 0 saturated heterocycles.